The second kappa shape index (κ2) is 11.4. The Bertz CT molecular complexity index is 2540. The smallest absolute Gasteiger partial charge is 0.518 e. The number of aromatic nitrogens is 3. The van der Waals surface area contributed by atoms with Crippen LogP contribution in [-0.2, 0) is 31.2 Å². The van der Waals surface area contributed by atoms with E-state index in [2.05, 4.69) is 128 Å². The van der Waals surface area contributed by atoms with Crippen LogP contribution in [-0.4, -0.2) is 32.2 Å². The molecule has 244 valence electrons. The molecule has 0 saturated carbocycles. The topological polar surface area (TPSA) is 44.3 Å². The van der Waals surface area contributed by atoms with E-state index in [1.807, 2.05) is 18.3 Å². The molecule has 0 bridgehead atoms. The van der Waals surface area contributed by atoms with Gasteiger partial charge in [0.2, 0.25) is 0 Å². The van der Waals surface area contributed by atoms with Crippen molar-refractivity contribution in [2.75, 3.05) is 6.61 Å². The summed E-state index contributed by atoms with van der Waals surface area (Å²) in [5.74, 6) is 0.495. The Hall–Kier alpha value is -4.21. The van der Waals surface area contributed by atoms with Crippen molar-refractivity contribution in [3.05, 3.63) is 113 Å². The molecule has 0 saturated heterocycles. The third-order valence-corrected chi connectivity index (χ3v) is 9.30. The van der Waals surface area contributed by atoms with Crippen LogP contribution in [0.5, 0.6) is 0 Å². The van der Waals surface area contributed by atoms with E-state index < -0.39 is 12.4 Å². The van der Waals surface area contributed by atoms with Gasteiger partial charge in [-0.05, 0) is 79.0 Å². The van der Waals surface area contributed by atoms with Crippen molar-refractivity contribution in [2.24, 2.45) is 4.99 Å². The first-order valence-corrected chi connectivity index (χ1v) is 16.3. The van der Waals surface area contributed by atoms with E-state index in [1.54, 1.807) is 6.92 Å². The van der Waals surface area contributed by atoms with Crippen LogP contribution in [0.25, 0.3) is 55.1 Å². The summed E-state index contributed by atoms with van der Waals surface area (Å²) in [6.45, 7) is 12.4. The molecule has 0 spiro atoms. The molecule has 4 aromatic carbocycles. The molecule has 0 aliphatic carbocycles. The van der Waals surface area contributed by atoms with Crippen LogP contribution in [0.15, 0.2) is 84.0 Å². The Kier molecular flexibility index (Phi) is 6.86. The molecular formula is C42H40N4OPt. The fourth-order valence-electron chi connectivity index (χ4n) is 6.76. The molecule has 0 amide bonds. The van der Waals surface area contributed by atoms with Gasteiger partial charge >= 0.3 is 21.1 Å². The Balaban J connectivity index is 0.00000406. The van der Waals surface area contributed by atoms with E-state index in [-0.39, 0.29) is 39.0 Å². The molecule has 0 N–H and O–H groups in total. The summed E-state index contributed by atoms with van der Waals surface area (Å²) in [7, 11) is 0. The van der Waals surface area contributed by atoms with E-state index in [1.165, 1.54) is 11.1 Å². The summed E-state index contributed by atoms with van der Waals surface area (Å²) < 4.78 is 34.7. The molecular weight excluding hydrogens is 772 g/mol. The van der Waals surface area contributed by atoms with Crippen LogP contribution < -0.4 is 0 Å². The average molecular weight is 815 g/mol. The van der Waals surface area contributed by atoms with Gasteiger partial charge in [0.1, 0.15) is 18.2 Å². The number of aryl methyl sites for hydroxylation is 1. The van der Waals surface area contributed by atoms with Gasteiger partial charge in [0.05, 0.1) is 11.1 Å². The van der Waals surface area contributed by atoms with Crippen molar-refractivity contribution in [1.82, 2.24) is 14.1 Å². The molecule has 8 rings (SSSR count). The zero-order chi connectivity index (χ0) is 35.3. The second-order valence-corrected chi connectivity index (χ2v) is 14.5. The predicted molar refractivity (Wildman–Crippen MR) is 195 cm³/mol. The van der Waals surface area contributed by atoms with Gasteiger partial charge in [0.25, 0.3) is 0 Å². The number of fused-ring (bicyclic) bond motifs is 6. The maximum absolute atomic E-state index is 8.08. The third-order valence-electron chi connectivity index (χ3n) is 9.30. The van der Waals surface area contributed by atoms with E-state index in [0.29, 0.717) is 11.5 Å². The number of pyridine rings is 1. The molecule has 48 heavy (non-hydrogen) atoms. The van der Waals surface area contributed by atoms with Gasteiger partial charge in [-0.1, -0.05) is 75.1 Å². The minimum absolute atomic E-state index is 0. The van der Waals surface area contributed by atoms with Crippen molar-refractivity contribution in [3.63, 3.8) is 0 Å². The Morgan fingerprint density at radius 3 is 2.40 bits per heavy atom. The predicted octanol–water partition coefficient (Wildman–Crippen LogP) is 10.2. The summed E-state index contributed by atoms with van der Waals surface area (Å²) in [4.78, 5) is 9.50. The zero-order valence-electron chi connectivity index (χ0n) is 31.3. The molecule has 1 aliphatic heterocycles. The number of benzene rings is 4. The van der Waals surface area contributed by atoms with Crippen molar-refractivity contribution in [3.8, 4) is 11.4 Å². The number of ether oxygens (including phenoxy) is 1. The minimum atomic E-state index is -2.29. The first kappa shape index (κ1) is 28.8. The average Bonchev–Trinajstić information content (AvgIpc) is 3.73. The van der Waals surface area contributed by atoms with Gasteiger partial charge in [-0.3, -0.25) is 4.99 Å². The Morgan fingerprint density at radius 2 is 1.65 bits per heavy atom. The van der Waals surface area contributed by atoms with E-state index >= 15 is 0 Å². The molecule has 5 nitrogen and oxygen atoms in total. The number of hydrogen-bond donors (Lipinski definition) is 0. The molecule has 3 aromatic heterocycles. The number of rotatable bonds is 4. The third kappa shape index (κ3) is 5.28. The normalized spacial score (nSPS) is 17.8. The second-order valence-electron chi connectivity index (χ2n) is 14.5. The standard InChI is InChI=1S/C42H40N4O.Pt/c1-25(2)27-19-28(40-44-42(7,8)24-47-40)21-31(20-27)45-36-15-11-26(3)18-34(36)32-14-13-30(23-38(32)45)46-37-16-12-29(41(4,5)6)22-35(37)33-10-9-17-43-39(33)46;/h9-20,22,25H,24H2,1-8H3;/q-2;+2/i7D3;/t42-;/m0./s1. The van der Waals surface area contributed by atoms with Crippen LogP contribution in [0.4, 0.5) is 0 Å². The van der Waals surface area contributed by atoms with Crippen molar-refractivity contribution >= 4 is 49.6 Å². The van der Waals surface area contributed by atoms with Crippen LogP contribution in [0.2, 0.25) is 0 Å². The first-order valence-electron chi connectivity index (χ1n) is 17.8. The molecule has 4 heterocycles. The van der Waals surface area contributed by atoms with Gasteiger partial charge in [0.15, 0.2) is 0 Å². The van der Waals surface area contributed by atoms with Gasteiger partial charge in [-0.15, -0.1) is 41.3 Å². The molecule has 0 unspecified atom stereocenters. The molecule has 0 radical (unpaired) electrons. The Labute approximate surface area is 301 Å². The van der Waals surface area contributed by atoms with Crippen molar-refractivity contribution in [1.29, 1.82) is 0 Å². The van der Waals surface area contributed by atoms with Crippen LogP contribution in [0.3, 0.4) is 0 Å². The first-order chi connectivity index (χ1) is 23.6. The molecule has 1 aliphatic rings. The Morgan fingerprint density at radius 1 is 0.875 bits per heavy atom. The maximum Gasteiger partial charge on any atom is 2.00 e. The van der Waals surface area contributed by atoms with E-state index in [0.717, 1.165) is 60.7 Å². The summed E-state index contributed by atoms with van der Waals surface area (Å²) in [5, 5.41) is 4.45. The quantitative estimate of drug-likeness (QED) is 0.166. The van der Waals surface area contributed by atoms with Crippen LogP contribution in [0.1, 0.15) is 80.7 Å². The fraction of sp³-hybridized carbons (Fsp3) is 0.286. The monoisotopic (exact) mass is 814 g/mol. The summed E-state index contributed by atoms with van der Waals surface area (Å²) in [5.41, 5.74) is 8.43. The maximum atomic E-state index is 8.08. The largest absolute Gasteiger partial charge is 2.00 e. The van der Waals surface area contributed by atoms with Crippen molar-refractivity contribution < 1.29 is 29.9 Å². The fourth-order valence-corrected chi connectivity index (χ4v) is 6.76. The van der Waals surface area contributed by atoms with Crippen LogP contribution in [0, 0.1) is 19.1 Å². The van der Waals surface area contributed by atoms with Gasteiger partial charge in [-0.2, -0.15) is 6.07 Å². The summed E-state index contributed by atoms with van der Waals surface area (Å²) in [6, 6.07) is 33.3. The van der Waals surface area contributed by atoms with Gasteiger partial charge in [0, 0.05) is 26.6 Å². The molecule has 1 atom stereocenters. The van der Waals surface area contributed by atoms with E-state index in [4.69, 9.17) is 13.8 Å². The molecule has 0 fully saturated rings. The van der Waals surface area contributed by atoms with E-state index in [9.17, 15) is 0 Å². The number of aliphatic imine (C=N–C) groups is 1. The number of hydrogen-bond acceptors (Lipinski definition) is 3. The summed E-state index contributed by atoms with van der Waals surface area (Å²) in [6.07, 6.45) is 1.85. The molecule has 6 heteroatoms. The van der Waals surface area contributed by atoms with Crippen LogP contribution >= 0.6 is 0 Å². The van der Waals surface area contributed by atoms with Gasteiger partial charge < -0.3 is 13.9 Å². The zero-order valence-corrected chi connectivity index (χ0v) is 30.6. The van der Waals surface area contributed by atoms with Gasteiger partial charge in [-0.25, -0.2) is 4.98 Å². The van der Waals surface area contributed by atoms with Crippen molar-refractivity contribution in [2.45, 2.75) is 72.2 Å². The minimum Gasteiger partial charge on any atom is -0.518 e. The SMILES string of the molecule is [2H]C([2H])([2H])[C@]1(C)COC(c2[c-]c(-n3c4[c-]c(-n5c6ccc(C(C)(C)C)cc6c6cccnc65)ccc4c4cc(C)ccc43)cc(C(C)C)c2)=N1.[Pt+2]. The summed E-state index contributed by atoms with van der Waals surface area (Å²) >= 11 is 0. The molecule has 7 aromatic rings. The number of nitrogens with zero attached hydrogens (tertiary/aromatic N) is 4.